The Kier molecular flexibility index (Phi) is 4.68. The lowest BCUT2D eigenvalue weighted by atomic mass is 10.1. The van der Waals surface area contributed by atoms with E-state index < -0.39 is 0 Å². The van der Waals surface area contributed by atoms with E-state index in [4.69, 9.17) is 5.73 Å². The molecule has 0 aliphatic heterocycles. The maximum Gasteiger partial charge on any atom is 0.312 e. The van der Waals surface area contributed by atoms with Gasteiger partial charge in [-0.05, 0) is 12.0 Å². The Morgan fingerprint density at radius 1 is 1.43 bits per heavy atom. The van der Waals surface area contributed by atoms with Crippen LogP contribution < -0.4 is 11.2 Å². The molecule has 0 radical (unpaired) electrons. The second kappa shape index (κ2) is 6.12. The van der Waals surface area contributed by atoms with Crippen molar-refractivity contribution in [3.63, 3.8) is 0 Å². The van der Waals surface area contributed by atoms with Crippen LogP contribution in [0.2, 0.25) is 0 Å². The van der Waals surface area contributed by atoms with E-state index in [0.29, 0.717) is 13.0 Å². The van der Waals surface area contributed by atoms with Gasteiger partial charge in [-0.15, -0.1) is 0 Å². The van der Waals surface area contributed by atoms with Gasteiger partial charge in [-0.3, -0.25) is 4.79 Å². The van der Waals surface area contributed by atoms with Gasteiger partial charge in [-0.2, -0.15) is 5.48 Å². The minimum Gasteiger partial charge on any atom is -0.374 e. The van der Waals surface area contributed by atoms with E-state index in [0.717, 1.165) is 6.42 Å². The molecule has 0 aliphatic rings. The Balaban J connectivity index is 2.26. The highest BCUT2D eigenvalue weighted by molar-refractivity contribution is 5.36. The van der Waals surface area contributed by atoms with Gasteiger partial charge in [0.05, 0.1) is 0 Å². The van der Waals surface area contributed by atoms with Crippen LogP contribution in [-0.4, -0.2) is 19.1 Å². The van der Waals surface area contributed by atoms with E-state index in [-0.39, 0.29) is 6.04 Å². The van der Waals surface area contributed by atoms with Crippen LogP contribution in [0.25, 0.3) is 0 Å². The molecule has 1 aromatic rings. The zero-order valence-electron chi connectivity index (χ0n) is 7.85. The van der Waals surface area contributed by atoms with E-state index >= 15 is 0 Å². The van der Waals surface area contributed by atoms with Crippen molar-refractivity contribution in [3.8, 4) is 0 Å². The SMILES string of the molecule is NC(CNOC=O)Cc1ccccc1. The largest absolute Gasteiger partial charge is 0.374 e. The first kappa shape index (κ1) is 10.7. The summed E-state index contributed by atoms with van der Waals surface area (Å²) < 4.78 is 0. The van der Waals surface area contributed by atoms with Crippen molar-refractivity contribution >= 4 is 6.47 Å². The number of hydroxylamine groups is 1. The highest BCUT2D eigenvalue weighted by Crippen LogP contribution is 2.00. The Morgan fingerprint density at radius 2 is 2.14 bits per heavy atom. The molecule has 0 aromatic heterocycles. The van der Waals surface area contributed by atoms with Crippen LogP contribution in [0, 0.1) is 0 Å². The van der Waals surface area contributed by atoms with Crippen LogP contribution in [0.15, 0.2) is 30.3 Å². The normalized spacial score (nSPS) is 12.1. The van der Waals surface area contributed by atoms with E-state index in [1.165, 1.54) is 5.56 Å². The van der Waals surface area contributed by atoms with Crippen LogP contribution in [0.4, 0.5) is 0 Å². The van der Waals surface area contributed by atoms with Crippen molar-refractivity contribution in [2.75, 3.05) is 6.54 Å². The third-order valence-corrected chi connectivity index (χ3v) is 1.82. The molecule has 1 unspecified atom stereocenters. The minimum atomic E-state index is -0.0580. The molecular weight excluding hydrogens is 180 g/mol. The number of carbonyl (C=O) groups excluding carboxylic acids is 1. The number of hydrogen-bond acceptors (Lipinski definition) is 4. The van der Waals surface area contributed by atoms with Crippen LogP contribution in [0.1, 0.15) is 5.56 Å². The average Bonchev–Trinajstić information content (AvgIpc) is 2.20. The second-order valence-corrected chi connectivity index (χ2v) is 3.01. The maximum absolute atomic E-state index is 9.82. The van der Waals surface area contributed by atoms with Gasteiger partial charge in [0, 0.05) is 12.6 Å². The van der Waals surface area contributed by atoms with Crippen molar-refractivity contribution in [2.45, 2.75) is 12.5 Å². The smallest absolute Gasteiger partial charge is 0.312 e. The third kappa shape index (κ3) is 4.02. The van der Waals surface area contributed by atoms with Crippen molar-refractivity contribution < 1.29 is 9.63 Å². The summed E-state index contributed by atoms with van der Waals surface area (Å²) in [5.41, 5.74) is 9.42. The molecular formula is C10H14N2O2. The molecule has 4 nitrogen and oxygen atoms in total. The summed E-state index contributed by atoms with van der Waals surface area (Å²) in [6.45, 7) is 0.795. The molecule has 0 spiro atoms. The third-order valence-electron chi connectivity index (χ3n) is 1.82. The number of rotatable bonds is 6. The summed E-state index contributed by atoms with van der Waals surface area (Å²) in [5, 5.41) is 0. The highest BCUT2D eigenvalue weighted by Gasteiger charge is 2.02. The topological polar surface area (TPSA) is 64.3 Å². The van der Waals surface area contributed by atoms with Crippen LogP contribution in [0.5, 0.6) is 0 Å². The Hall–Kier alpha value is -1.39. The number of nitrogens with two attached hydrogens (primary N) is 1. The standard InChI is InChI=1S/C10H14N2O2/c11-10(7-12-14-8-13)6-9-4-2-1-3-5-9/h1-5,8,10,12H,6-7,11H2. The summed E-state index contributed by atoms with van der Waals surface area (Å²) in [4.78, 5) is 14.2. The fraction of sp³-hybridized carbons (Fsp3) is 0.300. The van der Waals surface area contributed by atoms with Gasteiger partial charge in [-0.25, -0.2) is 0 Å². The first-order chi connectivity index (χ1) is 6.83. The van der Waals surface area contributed by atoms with Gasteiger partial charge in [0.25, 0.3) is 0 Å². The summed E-state index contributed by atoms with van der Waals surface area (Å²) >= 11 is 0. The molecule has 1 rings (SSSR count). The van der Waals surface area contributed by atoms with E-state index in [1.807, 2.05) is 30.3 Å². The molecule has 0 fully saturated rings. The fourth-order valence-corrected chi connectivity index (χ4v) is 1.18. The van der Waals surface area contributed by atoms with Gasteiger partial charge < -0.3 is 10.6 Å². The van der Waals surface area contributed by atoms with Gasteiger partial charge in [0.15, 0.2) is 0 Å². The predicted octanol–water partition coefficient (Wildman–Crippen LogP) is 0.234. The molecule has 4 heteroatoms. The maximum atomic E-state index is 9.82. The van der Waals surface area contributed by atoms with Crippen molar-refractivity contribution in [3.05, 3.63) is 35.9 Å². The molecule has 0 amide bonds. The Bertz CT molecular complexity index is 264. The van der Waals surface area contributed by atoms with Crippen LogP contribution >= 0.6 is 0 Å². The lowest BCUT2D eigenvalue weighted by Gasteiger charge is -2.10. The molecule has 0 saturated heterocycles. The quantitative estimate of drug-likeness (QED) is 0.386. The second-order valence-electron chi connectivity index (χ2n) is 3.01. The molecule has 1 aromatic carbocycles. The molecule has 14 heavy (non-hydrogen) atoms. The number of hydrogen-bond donors (Lipinski definition) is 2. The van der Waals surface area contributed by atoms with E-state index in [9.17, 15) is 4.79 Å². The molecule has 1 atom stereocenters. The average molecular weight is 194 g/mol. The molecule has 0 bridgehead atoms. The summed E-state index contributed by atoms with van der Waals surface area (Å²) in [6.07, 6.45) is 0.760. The first-order valence-electron chi connectivity index (χ1n) is 4.44. The predicted molar refractivity (Wildman–Crippen MR) is 53.3 cm³/mol. The first-order valence-corrected chi connectivity index (χ1v) is 4.44. The van der Waals surface area contributed by atoms with Crippen LogP contribution in [0.3, 0.4) is 0 Å². The minimum absolute atomic E-state index is 0.0580. The van der Waals surface area contributed by atoms with E-state index in [2.05, 4.69) is 10.3 Å². The van der Waals surface area contributed by atoms with Crippen molar-refractivity contribution in [1.29, 1.82) is 0 Å². The highest BCUT2D eigenvalue weighted by atomic mass is 16.7. The molecule has 0 heterocycles. The van der Waals surface area contributed by atoms with Crippen molar-refractivity contribution in [2.24, 2.45) is 5.73 Å². The van der Waals surface area contributed by atoms with Crippen LogP contribution in [-0.2, 0) is 16.1 Å². The van der Waals surface area contributed by atoms with E-state index in [1.54, 1.807) is 0 Å². The Morgan fingerprint density at radius 3 is 2.79 bits per heavy atom. The monoisotopic (exact) mass is 194 g/mol. The van der Waals surface area contributed by atoms with Gasteiger partial charge in [0.1, 0.15) is 0 Å². The fourth-order valence-electron chi connectivity index (χ4n) is 1.18. The zero-order valence-corrected chi connectivity index (χ0v) is 7.85. The lowest BCUT2D eigenvalue weighted by molar-refractivity contribution is -0.135. The van der Waals surface area contributed by atoms with Gasteiger partial charge in [-0.1, -0.05) is 30.3 Å². The van der Waals surface area contributed by atoms with Crippen molar-refractivity contribution in [1.82, 2.24) is 5.48 Å². The summed E-state index contributed by atoms with van der Waals surface area (Å²) in [5.74, 6) is 0. The molecule has 0 aliphatic carbocycles. The molecule has 0 saturated carbocycles. The lowest BCUT2D eigenvalue weighted by Crippen LogP contribution is -2.35. The molecule has 3 N–H and O–H groups in total. The number of benzene rings is 1. The Labute approximate surface area is 83.0 Å². The van der Waals surface area contributed by atoms with Gasteiger partial charge in [0.2, 0.25) is 0 Å². The van der Waals surface area contributed by atoms with Gasteiger partial charge >= 0.3 is 6.47 Å². The summed E-state index contributed by atoms with van der Waals surface area (Å²) in [7, 11) is 0. The number of nitrogens with one attached hydrogen (secondary N) is 1. The summed E-state index contributed by atoms with van der Waals surface area (Å²) in [6, 6.07) is 9.87. The zero-order chi connectivity index (χ0) is 10.2. The molecule has 76 valence electrons. The number of carbonyl (C=O) groups is 1.